The number of ketones is 1. The van der Waals surface area contributed by atoms with E-state index in [2.05, 4.69) is 9.71 Å². The van der Waals surface area contributed by atoms with Crippen LogP contribution in [0.25, 0.3) is 0 Å². The predicted molar refractivity (Wildman–Crippen MR) is 96.1 cm³/mol. The molecule has 0 amide bonds. The number of rotatable bonds is 6. The van der Waals surface area contributed by atoms with Crippen LogP contribution in [0, 0.1) is 6.92 Å². The second-order valence-electron chi connectivity index (χ2n) is 5.34. The van der Waals surface area contributed by atoms with Gasteiger partial charge in [0.1, 0.15) is 0 Å². The summed E-state index contributed by atoms with van der Waals surface area (Å²) in [4.78, 5) is 17.8. The molecule has 0 atom stereocenters. The molecule has 0 aliphatic carbocycles. The molecule has 0 aliphatic heterocycles. The molecule has 2 aromatic rings. The standard InChI is InChI=1S/C16H21N3O3S2/c1-5-19-11(2)15(12(3)20)23-16(19)18-14-8-6-13(7-9-14)10-24(21,22)17-4/h6-9,17H,5,10H2,1-4H3/b18-16-. The van der Waals surface area contributed by atoms with Crippen LogP contribution in [0.1, 0.15) is 34.8 Å². The van der Waals surface area contributed by atoms with E-state index in [1.807, 2.05) is 18.4 Å². The summed E-state index contributed by atoms with van der Waals surface area (Å²) in [6.45, 7) is 6.21. The Hall–Kier alpha value is -1.77. The molecule has 0 fully saturated rings. The first-order valence-electron chi connectivity index (χ1n) is 7.53. The molecule has 2 rings (SSSR count). The van der Waals surface area contributed by atoms with Crippen LogP contribution >= 0.6 is 11.3 Å². The van der Waals surface area contributed by atoms with Crippen LogP contribution in [0.5, 0.6) is 0 Å². The second-order valence-corrected chi connectivity index (χ2v) is 8.25. The third kappa shape index (κ3) is 4.19. The number of carbonyl (C=O) groups excluding carboxylic acids is 1. The molecular formula is C16H21N3O3S2. The van der Waals surface area contributed by atoms with E-state index < -0.39 is 10.0 Å². The fourth-order valence-corrected chi connectivity index (χ4v) is 4.22. The van der Waals surface area contributed by atoms with Crippen LogP contribution in [0.2, 0.25) is 0 Å². The molecule has 0 aliphatic rings. The lowest BCUT2D eigenvalue weighted by molar-refractivity contribution is 0.102. The van der Waals surface area contributed by atoms with Gasteiger partial charge in [-0.15, -0.1) is 0 Å². The number of hydrogen-bond acceptors (Lipinski definition) is 5. The van der Waals surface area contributed by atoms with E-state index in [0.29, 0.717) is 10.4 Å². The minimum atomic E-state index is -3.29. The number of hydrogen-bond donors (Lipinski definition) is 1. The van der Waals surface area contributed by atoms with Crippen LogP contribution in [-0.4, -0.2) is 25.8 Å². The molecule has 1 aromatic heterocycles. The van der Waals surface area contributed by atoms with Gasteiger partial charge >= 0.3 is 0 Å². The van der Waals surface area contributed by atoms with Crippen LogP contribution in [0.3, 0.4) is 0 Å². The Morgan fingerprint density at radius 3 is 2.42 bits per heavy atom. The summed E-state index contributed by atoms with van der Waals surface area (Å²) < 4.78 is 27.4. The molecule has 0 bridgehead atoms. The first-order chi connectivity index (χ1) is 11.3. The van der Waals surface area contributed by atoms with Crippen molar-refractivity contribution in [3.8, 4) is 0 Å². The SMILES string of the molecule is CCn1c(C)c(C(C)=O)s/c1=N\c1ccc(CS(=O)(=O)NC)cc1. The first kappa shape index (κ1) is 18.6. The largest absolute Gasteiger partial charge is 0.321 e. The van der Waals surface area contributed by atoms with Crippen LogP contribution in [-0.2, 0) is 22.3 Å². The van der Waals surface area contributed by atoms with Gasteiger partial charge < -0.3 is 4.57 Å². The molecule has 24 heavy (non-hydrogen) atoms. The van der Waals surface area contributed by atoms with Gasteiger partial charge in [0.15, 0.2) is 10.6 Å². The van der Waals surface area contributed by atoms with Crippen molar-refractivity contribution in [2.24, 2.45) is 4.99 Å². The number of nitrogens with zero attached hydrogens (tertiary/aromatic N) is 2. The topological polar surface area (TPSA) is 80.5 Å². The summed E-state index contributed by atoms with van der Waals surface area (Å²) in [5.41, 5.74) is 2.34. The van der Waals surface area contributed by atoms with Crippen LogP contribution in [0.4, 0.5) is 5.69 Å². The Balaban J connectivity index is 2.39. The lowest BCUT2D eigenvalue weighted by atomic mass is 10.2. The first-order valence-corrected chi connectivity index (χ1v) is 10.00. The second kappa shape index (κ2) is 7.42. The zero-order valence-corrected chi connectivity index (χ0v) is 15.8. The Labute approximate surface area is 145 Å². The lowest BCUT2D eigenvalue weighted by Crippen LogP contribution is -2.20. The van der Waals surface area contributed by atoms with Gasteiger partial charge in [-0.25, -0.2) is 18.1 Å². The van der Waals surface area contributed by atoms with Crippen molar-refractivity contribution in [3.63, 3.8) is 0 Å². The van der Waals surface area contributed by atoms with Crippen molar-refractivity contribution in [1.82, 2.24) is 9.29 Å². The van der Waals surface area contributed by atoms with Gasteiger partial charge in [0, 0.05) is 19.2 Å². The monoisotopic (exact) mass is 367 g/mol. The zero-order valence-electron chi connectivity index (χ0n) is 14.2. The third-order valence-electron chi connectivity index (χ3n) is 3.62. The number of carbonyl (C=O) groups is 1. The summed E-state index contributed by atoms with van der Waals surface area (Å²) in [6.07, 6.45) is 0. The van der Waals surface area contributed by atoms with E-state index in [0.717, 1.165) is 22.7 Å². The normalized spacial score (nSPS) is 12.6. The predicted octanol–water partition coefficient (Wildman–Crippen LogP) is 2.36. The van der Waals surface area contributed by atoms with Crippen molar-refractivity contribution < 1.29 is 13.2 Å². The molecular weight excluding hydrogens is 346 g/mol. The summed E-state index contributed by atoms with van der Waals surface area (Å²) in [7, 11) is -1.89. The highest BCUT2D eigenvalue weighted by molar-refractivity contribution is 7.88. The van der Waals surface area contributed by atoms with Gasteiger partial charge in [0.05, 0.1) is 16.3 Å². The molecule has 6 nitrogen and oxygen atoms in total. The Kier molecular flexibility index (Phi) is 5.74. The summed E-state index contributed by atoms with van der Waals surface area (Å²) in [5, 5.41) is 0. The van der Waals surface area contributed by atoms with Crippen molar-refractivity contribution in [2.75, 3.05) is 7.05 Å². The number of sulfonamides is 1. The number of thiazole rings is 1. The molecule has 0 saturated heterocycles. The molecule has 0 saturated carbocycles. The van der Waals surface area contributed by atoms with Crippen molar-refractivity contribution in [3.05, 3.63) is 45.2 Å². The maximum Gasteiger partial charge on any atom is 0.215 e. The van der Waals surface area contributed by atoms with Crippen molar-refractivity contribution in [1.29, 1.82) is 0 Å². The fourth-order valence-electron chi connectivity index (χ4n) is 2.34. The van der Waals surface area contributed by atoms with Gasteiger partial charge in [-0.2, -0.15) is 0 Å². The molecule has 1 N–H and O–H groups in total. The van der Waals surface area contributed by atoms with Crippen molar-refractivity contribution in [2.45, 2.75) is 33.1 Å². The molecule has 130 valence electrons. The van der Waals surface area contributed by atoms with Gasteiger partial charge in [-0.3, -0.25) is 4.79 Å². The van der Waals surface area contributed by atoms with Crippen LogP contribution in [0.15, 0.2) is 29.3 Å². The summed E-state index contributed by atoms with van der Waals surface area (Å²) in [5.74, 6) is -0.0283. The smallest absolute Gasteiger partial charge is 0.215 e. The molecule has 0 unspecified atom stereocenters. The highest BCUT2D eigenvalue weighted by atomic mass is 32.2. The van der Waals surface area contributed by atoms with Gasteiger partial charge in [0.2, 0.25) is 10.0 Å². The minimum Gasteiger partial charge on any atom is -0.321 e. The lowest BCUT2D eigenvalue weighted by Gasteiger charge is -2.03. The Morgan fingerprint density at radius 2 is 1.92 bits per heavy atom. The molecule has 0 radical (unpaired) electrons. The Bertz CT molecular complexity index is 907. The summed E-state index contributed by atoms with van der Waals surface area (Å²) >= 11 is 1.37. The molecule has 0 spiro atoms. The number of Topliss-reactive ketones (excluding diaryl/α,β-unsaturated/α-hetero) is 1. The third-order valence-corrected chi connectivity index (χ3v) is 6.24. The fraction of sp³-hybridized carbons (Fsp3) is 0.375. The minimum absolute atomic E-state index is 0.0359. The Morgan fingerprint density at radius 1 is 1.29 bits per heavy atom. The van der Waals surface area contributed by atoms with E-state index in [9.17, 15) is 13.2 Å². The molecule has 8 heteroatoms. The maximum absolute atomic E-state index is 11.7. The highest BCUT2D eigenvalue weighted by Crippen LogP contribution is 2.17. The number of benzene rings is 1. The molecule has 1 aromatic carbocycles. The zero-order chi connectivity index (χ0) is 17.9. The number of nitrogens with one attached hydrogen (secondary N) is 1. The van der Waals surface area contributed by atoms with Crippen LogP contribution < -0.4 is 9.52 Å². The summed E-state index contributed by atoms with van der Waals surface area (Å²) in [6, 6.07) is 7.05. The van der Waals surface area contributed by atoms with E-state index in [1.165, 1.54) is 18.4 Å². The quantitative estimate of drug-likeness (QED) is 0.796. The van der Waals surface area contributed by atoms with Gasteiger partial charge in [-0.1, -0.05) is 23.5 Å². The molecule has 1 heterocycles. The highest BCUT2D eigenvalue weighted by Gasteiger charge is 2.12. The average Bonchev–Trinajstić information content (AvgIpc) is 2.85. The van der Waals surface area contributed by atoms with Crippen molar-refractivity contribution >= 4 is 32.8 Å². The van der Waals surface area contributed by atoms with E-state index in [1.54, 1.807) is 31.2 Å². The van der Waals surface area contributed by atoms with E-state index in [4.69, 9.17) is 0 Å². The number of aromatic nitrogens is 1. The van der Waals surface area contributed by atoms with Gasteiger partial charge in [0.25, 0.3) is 0 Å². The van der Waals surface area contributed by atoms with E-state index in [-0.39, 0.29) is 11.5 Å². The average molecular weight is 367 g/mol. The van der Waals surface area contributed by atoms with E-state index >= 15 is 0 Å². The maximum atomic E-state index is 11.7. The van der Waals surface area contributed by atoms with Gasteiger partial charge in [-0.05, 0) is 38.6 Å².